The quantitative estimate of drug-likeness (QED) is 0.140. The highest BCUT2D eigenvalue weighted by Gasteiger charge is 2.48. The number of nitrogens with one attached hydrogen (secondary N) is 1. The molecule has 3 aromatic rings. The molecule has 236 valence electrons. The minimum absolute atomic E-state index is 0.0328. The Kier molecular flexibility index (Phi) is 10.6. The van der Waals surface area contributed by atoms with Crippen LogP contribution in [0.5, 0.6) is 11.6 Å². The maximum Gasteiger partial charge on any atom is 0.459 e. The van der Waals surface area contributed by atoms with Crippen LogP contribution in [0, 0.1) is 5.41 Å². The number of esters is 1. The van der Waals surface area contributed by atoms with Gasteiger partial charge in [-0.1, -0.05) is 25.1 Å². The van der Waals surface area contributed by atoms with E-state index in [4.69, 9.17) is 33.7 Å². The first-order chi connectivity index (χ1) is 20.5. The molecule has 0 unspecified atom stereocenters. The lowest BCUT2D eigenvalue weighted by Gasteiger charge is -2.32. The fourth-order valence-electron chi connectivity index (χ4n) is 5.05. The van der Waals surface area contributed by atoms with Gasteiger partial charge in [-0.15, -0.1) is 0 Å². The van der Waals surface area contributed by atoms with Crippen molar-refractivity contribution < 1.29 is 37.4 Å². The molecule has 1 aromatic carbocycles. The zero-order chi connectivity index (χ0) is 31.2. The number of para-hydroxylation sites is 1. The number of hydrogen-bond acceptors (Lipinski definition) is 12. The number of aromatic nitrogens is 4. The highest BCUT2D eigenvalue weighted by Crippen LogP contribution is 2.52. The van der Waals surface area contributed by atoms with Crippen molar-refractivity contribution in [2.24, 2.45) is 5.41 Å². The second-order valence-electron chi connectivity index (χ2n) is 11.0. The number of rotatable bonds is 15. The molecule has 1 fully saturated rings. The van der Waals surface area contributed by atoms with Crippen molar-refractivity contribution in [3.8, 4) is 11.6 Å². The monoisotopic (exact) mass is 620 g/mol. The van der Waals surface area contributed by atoms with Gasteiger partial charge in [0.1, 0.15) is 18.6 Å². The van der Waals surface area contributed by atoms with Crippen LogP contribution < -0.4 is 20.1 Å². The first-order valence-corrected chi connectivity index (χ1v) is 15.7. The Morgan fingerprint density at radius 2 is 1.98 bits per heavy atom. The third-order valence-corrected chi connectivity index (χ3v) is 8.65. The van der Waals surface area contributed by atoms with Crippen LogP contribution in [0.25, 0.3) is 11.2 Å². The molecule has 3 N–H and O–H groups in total. The van der Waals surface area contributed by atoms with Crippen LogP contribution >= 0.6 is 7.75 Å². The van der Waals surface area contributed by atoms with Crippen LogP contribution in [-0.2, 0) is 28.1 Å². The first kappa shape index (κ1) is 32.6. The molecule has 4 rings (SSSR count). The van der Waals surface area contributed by atoms with E-state index in [-0.39, 0.29) is 37.6 Å². The number of nitrogens with zero attached hydrogens (tertiary/aromatic N) is 4. The fraction of sp³-hybridized carbons (Fsp3) is 0.571. The van der Waals surface area contributed by atoms with Crippen molar-refractivity contribution in [2.75, 3.05) is 32.9 Å². The Bertz CT molecular complexity index is 1420. The number of nitrogen functional groups attached to an aromatic ring is 1. The van der Waals surface area contributed by atoms with E-state index in [0.717, 1.165) is 0 Å². The highest BCUT2D eigenvalue weighted by atomic mass is 31.2. The van der Waals surface area contributed by atoms with Crippen molar-refractivity contribution in [3.63, 3.8) is 0 Å². The van der Waals surface area contributed by atoms with Crippen LogP contribution in [0.3, 0.4) is 0 Å². The van der Waals surface area contributed by atoms with Crippen LogP contribution in [0.4, 0.5) is 5.95 Å². The fourth-order valence-corrected chi connectivity index (χ4v) is 6.67. The van der Waals surface area contributed by atoms with Gasteiger partial charge in [-0.3, -0.25) is 9.32 Å². The summed E-state index contributed by atoms with van der Waals surface area (Å²) in [5, 5.41) is 2.74. The smallest absolute Gasteiger partial charge is 0.459 e. The molecule has 2 heterocycles. The summed E-state index contributed by atoms with van der Waals surface area (Å²) in [6.45, 7) is 9.26. The second kappa shape index (κ2) is 14.0. The molecule has 2 aromatic heterocycles. The molecule has 0 saturated heterocycles. The Hall–Kier alpha value is -3.29. The second-order valence-corrected chi connectivity index (χ2v) is 12.7. The van der Waals surface area contributed by atoms with Gasteiger partial charge in [0.2, 0.25) is 11.8 Å². The van der Waals surface area contributed by atoms with E-state index in [2.05, 4.69) is 20.0 Å². The number of imidazole rings is 1. The van der Waals surface area contributed by atoms with Crippen LogP contribution in [0.1, 0.15) is 53.5 Å². The Labute approximate surface area is 251 Å². The van der Waals surface area contributed by atoms with Gasteiger partial charge < -0.3 is 33.8 Å². The van der Waals surface area contributed by atoms with E-state index in [1.54, 1.807) is 58.5 Å². The van der Waals surface area contributed by atoms with E-state index in [0.29, 0.717) is 42.2 Å². The lowest BCUT2D eigenvalue weighted by atomic mass is 9.87. The van der Waals surface area contributed by atoms with E-state index in [1.807, 2.05) is 24.5 Å². The highest BCUT2D eigenvalue weighted by molar-refractivity contribution is 7.52. The van der Waals surface area contributed by atoms with E-state index >= 15 is 0 Å². The van der Waals surface area contributed by atoms with Gasteiger partial charge in [0.25, 0.3) is 0 Å². The maximum atomic E-state index is 14.1. The summed E-state index contributed by atoms with van der Waals surface area (Å²) < 4.78 is 50.2. The number of ether oxygens (including phenoxy) is 4. The van der Waals surface area contributed by atoms with Gasteiger partial charge in [-0.2, -0.15) is 15.1 Å². The zero-order valence-corrected chi connectivity index (χ0v) is 26.3. The topological polar surface area (TPSA) is 171 Å². The van der Waals surface area contributed by atoms with Gasteiger partial charge >= 0.3 is 13.7 Å². The number of fused-ring (bicyclic) bond motifs is 1. The third kappa shape index (κ3) is 8.01. The number of methoxy groups -OCH3 is 1. The molecule has 5 atom stereocenters. The molecular weight excluding hydrogens is 579 g/mol. The van der Waals surface area contributed by atoms with Gasteiger partial charge in [-0.05, 0) is 52.7 Å². The number of hydrogen-bond donors (Lipinski definition) is 2. The minimum atomic E-state index is -4.09. The van der Waals surface area contributed by atoms with Crippen LogP contribution in [0.15, 0.2) is 36.7 Å². The average molecular weight is 621 g/mol. The number of benzene rings is 1. The molecule has 43 heavy (non-hydrogen) atoms. The average Bonchev–Trinajstić information content (AvgIpc) is 3.52. The molecule has 1 saturated carbocycles. The summed E-state index contributed by atoms with van der Waals surface area (Å²) in [6, 6.07) is 7.51. The van der Waals surface area contributed by atoms with Gasteiger partial charge in [0.15, 0.2) is 11.2 Å². The maximum absolute atomic E-state index is 14.1. The number of carbonyl (C=O) groups is 1. The van der Waals surface area contributed by atoms with Crippen molar-refractivity contribution in [2.45, 2.75) is 71.8 Å². The molecule has 15 heteroatoms. The van der Waals surface area contributed by atoms with E-state index < -0.39 is 25.2 Å². The predicted molar refractivity (Wildman–Crippen MR) is 158 cm³/mol. The normalized spacial score (nSPS) is 22.4. The minimum Gasteiger partial charge on any atom is -0.476 e. The Morgan fingerprint density at radius 3 is 2.65 bits per heavy atom. The summed E-state index contributed by atoms with van der Waals surface area (Å²) in [6.07, 6.45) is 2.06. The number of carbonyl (C=O) groups excluding carboxylic acids is 1. The molecule has 0 spiro atoms. The van der Waals surface area contributed by atoms with Crippen LogP contribution in [-0.4, -0.2) is 70.9 Å². The summed E-state index contributed by atoms with van der Waals surface area (Å²) >= 11 is 0. The summed E-state index contributed by atoms with van der Waals surface area (Å²) in [7, 11) is -2.55. The Morgan fingerprint density at radius 1 is 1.23 bits per heavy atom. The van der Waals surface area contributed by atoms with Gasteiger partial charge in [0.05, 0.1) is 31.7 Å². The number of anilines is 1. The third-order valence-electron chi connectivity index (χ3n) is 7.02. The lowest BCUT2D eigenvalue weighted by Crippen LogP contribution is -2.38. The summed E-state index contributed by atoms with van der Waals surface area (Å²) in [5.41, 5.74) is 6.36. The van der Waals surface area contributed by atoms with Gasteiger partial charge in [0, 0.05) is 18.6 Å². The summed E-state index contributed by atoms with van der Waals surface area (Å²) in [4.78, 5) is 25.7. The number of nitrogens with two attached hydrogens (primary N) is 1. The molecule has 0 radical (unpaired) electrons. The Balaban J connectivity index is 1.60. The van der Waals surface area contributed by atoms with Crippen LogP contribution in [0.2, 0.25) is 0 Å². The molecule has 14 nitrogen and oxygen atoms in total. The lowest BCUT2D eigenvalue weighted by molar-refractivity contribution is -0.149. The molecule has 0 amide bonds. The molecule has 1 aliphatic carbocycles. The van der Waals surface area contributed by atoms with Crippen molar-refractivity contribution in [3.05, 3.63) is 36.7 Å². The standard InChI is InChI=1S/C28H41N6O8P/c1-7-38-25-23-24(31-27(29)32-25)34(16-30-23)20-13-22(39-17-37-6)28(5,14-20)15-40-43(36,42-21-11-9-8-10-12-21)33-19(4)26(35)41-18(2)3/h8-12,16,18-20,22H,7,13-15,17H2,1-6H3,(H,33,36)(H2,29,31,32)/t19-,20-,22-,28+,43-/m0/s1. The molecule has 0 bridgehead atoms. The first-order valence-electron chi connectivity index (χ1n) is 14.2. The zero-order valence-electron chi connectivity index (χ0n) is 25.4. The van der Waals surface area contributed by atoms with E-state index in [1.165, 1.54) is 0 Å². The summed E-state index contributed by atoms with van der Waals surface area (Å²) in [5.74, 6) is 0.125. The largest absolute Gasteiger partial charge is 0.476 e. The SMILES string of the molecule is CCOc1nc(N)nc2c1ncn2[C@H]1C[C@H](OCOC)[C@@](C)(CO[P@@](=O)(N[C@@H](C)C(=O)OC(C)C)Oc2ccccc2)C1. The molecule has 0 aliphatic heterocycles. The molecular formula is C28H41N6O8P. The predicted octanol–water partition coefficient (Wildman–Crippen LogP) is 4.27. The molecule has 1 aliphatic rings. The van der Waals surface area contributed by atoms with Crippen molar-refractivity contribution in [1.29, 1.82) is 0 Å². The van der Waals surface area contributed by atoms with Gasteiger partial charge in [-0.25, -0.2) is 9.55 Å². The van der Waals surface area contributed by atoms with E-state index in [9.17, 15) is 9.36 Å². The van der Waals surface area contributed by atoms with Crippen molar-refractivity contribution >= 4 is 30.8 Å². The van der Waals surface area contributed by atoms with Crippen molar-refractivity contribution in [1.82, 2.24) is 24.6 Å².